The summed E-state index contributed by atoms with van der Waals surface area (Å²) < 4.78 is 28.2. The molecule has 0 bridgehead atoms. The molecule has 0 spiro atoms. The Morgan fingerprint density at radius 3 is 2.80 bits per heavy atom. The van der Waals surface area contributed by atoms with Gasteiger partial charge in [0.25, 0.3) is 0 Å². The van der Waals surface area contributed by atoms with Gasteiger partial charge >= 0.3 is 0 Å². The first-order valence-corrected chi connectivity index (χ1v) is 9.19. The van der Waals surface area contributed by atoms with Crippen LogP contribution in [-0.2, 0) is 10.0 Å². The Kier molecular flexibility index (Phi) is 5.23. The van der Waals surface area contributed by atoms with Crippen molar-refractivity contribution in [2.24, 2.45) is 0 Å². The molecule has 112 valence electrons. The molecule has 1 atom stereocenters. The molecule has 1 aromatic carbocycles. The summed E-state index contributed by atoms with van der Waals surface area (Å²) in [6, 6.07) is 5.44. The predicted molar refractivity (Wildman–Crippen MR) is 84.3 cm³/mol. The van der Waals surface area contributed by atoms with Crippen LogP contribution < -0.4 is 5.32 Å². The first kappa shape index (κ1) is 15.9. The lowest BCUT2D eigenvalue weighted by molar-refractivity contribution is 0.335. The van der Waals surface area contributed by atoms with Crippen LogP contribution in [0.15, 0.2) is 27.6 Å². The fourth-order valence-electron chi connectivity index (χ4n) is 2.55. The van der Waals surface area contributed by atoms with E-state index in [0.717, 1.165) is 31.5 Å². The van der Waals surface area contributed by atoms with Crippen molar-refractivity contribution in [3.8, 4) is 0 Å². The van der Waals surface area contributed by atoms with Crippen LogP contribution in [0.1, 0.15) is 25.3 Å². The number of benzene rings is 1. The quantitative estimate of drug-likeness (QED) is 0.877. The minimum absolute atomic E-state index is 0.0624. The van der Waals surface area contributed by atoms with Gasteiger partial charge in [-0.1, -0.05) is 19.1 Å². The van der Waals surface area contributed by atoms with E-state index in [1.54, 1.807) is 16.4 Å². The first-order valence-electron chi connectivity index (χ1n) is 6.96. The van der Waals surface area contributed by atoms with Crippen LogP contribution in [-0.4, -0.2) is 38.4 Å². The smallest absolute Gasteiger partial charge is 0.244 e. The van der Waals surface area contributed by atoms with Crippen molar-refractivity contribution in [3.63, 3.8) is 0 Å². The molecule has 1 aliphatic rings. The number of aryl methyl sites for hydroxylation is 1. The van der Waals surface area contributed by atoms with Crippen LogP contribution in [0.3, 0.4) is 0 Å². The lowest BCUT2D eigenvalue weighted by Crippen LogP contribution is -2.42. The van der Waals surface area contributed by atoms with Gasteiger partial charge in [0.05, 0.1) is 4.90 Å². The highest BCUT2D eigenvalue weighted by Crippen LogP contribution is 2.29. The van der Waals surface area contributed by atoms with Crippen molar-refractivity contribution < 1.29 is 8.42 Å². The Morgan fingerprint density at radius 2 is 2.20 bits per heavy atom. The van der Waals surface area contributed by atoms with Crippen molar-refractivity contribution in [1.29, 1.82) is 0 Å². The minimum Gasteiger partial charge on any atom is -0.315 e. The van der Waals surface area contributed by atoms with E-state index in [0.29, 0.717) is 15.9 Å². The van der Waals surface area contributed by atoms with Gasteiger partial charge in [0.15, 0.2) is 0 Å². The summed E-state index contributed by atoms with van der Waals surface area (Å²) in [6.07, 6.45) is 1.70. The maximum atomic E-state index is 13.0. The van der Waals surface area contributed by atoms with E-state index in [-0.39, 0.29) is 6.04 Å². The summed E-state index contributed by atoms with van der Waals surface area (Å²) in [4.78, 5) is 0.373. The Bertz CT molecular complexity index is 569. The molecule has 20 heavy (non-hydrogen) atoms. The van der Waals surface area contributed by atoms with Crippen molar-refractivity contribution in [2.75, 3.05) is 19.6 Å². The van der Waals surface area contributed by atoms with Gasteiger partial charge < -0.3 is 5.32 Å². The Hall–Kier alpha value is -0.430. The van der Waals surface area contributed by atoms with Gasteiger partial charge in [0.1, 0.15) is 0 Å². The molecular formula is C14H21BrN2O2S. The second-order valence-corrected chi connectivity index (χ2v) is 7.80. The van der Waals surface area contributed by atoms with E-state index in [4.69, 9.17) is 0 Å². The highest BCUT2D eigenvalue weighted by atomic mass is 79.9. The summed E-state index contributed by atoms with van der Waals surface area (Å²) in [6.45, 7) is 6.10. The molecule has 6 heteroatoms. The third-order valence-electron chi connectivity index (χ3n) is 3.63. The number of halogens is 1. The molecule has 1 fully saturated rings. The standard InChI is InChI=1S/C14H21BrN2O2S/c1-3-9-17(12-7-8-16-10-12)20(18,19)13-6-4-5-11(2)14(13)15/h4-6,12,16H,3,7-10H2,1-2H3. The lowest BCUT2D eigenvalue weighted by Gasteiger charge is -2.27. The monoisotopic (exact) mass is 360 g/mol. The van der Waals surface area contributed by atoms with Gasteiger partial charge in [-0.15, -0.1) is 0 Å². The summed E-state index contributed by atoms with van der Waals surface area (Å²) in [5.74, 6) is 0. The van der Waals surface area contributed by atoms with Crippen LogP contribution >= 0.6 is 15.9 Å². The molecule has 1 aliphatic heterocycles. The molecule has 2 rings (SSSR count). The Labute approximate surface area is 129 Å². The molecule has 0 aromatic heterocycles. The fraction of sp³-hybridized carbons (Fsp3) is 0.571. The molecule has 1 aromatic rings. The highest BCUT2D eigenvalue weighted by Gasteiger charge is 2.33. The van der Waals surface area contributed by atoms with E-state index in [1.807, 2.05) is 19.9 Å². The summed E-state index contributed by atoms with van der Waals surface area (Å²) >= 11 is 3.42. The Balaban J connectivity index is 2.42. The number of nitrogens with zero attached hydrogens (tertiary/aromatic N) is 1. The molecule has 1 N–H and O–H groups in total. The largest absolute Gasteiger partial charge is 0.315 e. The van der Waals surface area contributed by atoms with Crippen molar-refractivity contribution in [2.45, 2.75) is 37.6 Å². The number of hydrogen-bond acceptors (Lipinski definition) is 3. The first-order chi connectivity index (χ1) is 9.48. The third-order valence-corrected chi connectivity index (χ3v) is 6.94. The van der Waals surface area contributed by atoms with Crippen LogP contribution in [0.5, 0.6) is 0 Å². The maximum absolute atomic E-state index is 13.0. The van der Waals surface area contributed by atoms with Crippen LogP contribution in [0, 0.1) is 6.92 Å². The Morgan fingerprint density at radius 1 is 1.45 bits per heavy atom. The second-order valence-electron chi connectivity index (χ2n) is 5.15. The van der Waals surface area contributed by atoms with Gasteiger partial charge in [-0.3, -0.25) is 0 Å². The maximum Gasteiger partial charge on any atom is 0.244 e. The van der Waals surface area contributed by atoms with Gasteiger partial charge in [-0.2, -0.15) is 4.31 Å². The molecule has 1 heterocycles. The topological polar surface area (TPSA) is 49.4 Å². The average Bonchev–Trinajstić information content (AvgIpc) is 2.92. The number of rotatable bonds is 5. The van der Waals surface area contributed by atoms with Gasteiger partial charge in [0, 0.05) is 23.6 Å². The molecule has 0 saturated carbocycles. The van der Waals surface area contributed by atoms with Crippen LogP contribution in [0.4, 0.5) is 0 Å². The van der Waals surface area contributed by atoms with Crippen molar-refractivity contribution >= 4 is 26.0 Å². The molecule has 0 aliphatic carbocycles. The van der Waals surface area contributed by atoms with E-state index in [1.165, 1.54) is 0 Å². The molecule has 1 saturated heterocycles. The summed E-state index contributed by atoms with van der Waals surface area (Å²) in [5, 5.41) is 3.24. The zero-order valence-corrected chi connectivity index (χ0v) is 14.3. The highest BCUT2D eigenvalue weighted by molar-refractivity contribution is 9.10. The number of hydrogen-bond donors (Lipinski definition) is 1. The molecule has 0 radical (unpaired) electrons. The zero-order chi connectivity index (χ0) is 14.8. The van der Waals surface area contributed by atoms with Gasteiger partial charge in [-0.25, -0.2) is 8.42 Å². The zero-order valence-electron chi connectivity index (χ0n) is 11.9. The minimum atomic E-state index is -3.45. The molecule has 1 unspecified atom stereocenters. The van der Waals surface area contributed by atoms with Crippen LogP contribution in [0.25, 0.3) is 0 Å². The van der Waals surface area contributed by atoms with E-state index in [2.05, 4.69) is 21.2 Å². The second kappa shape index (κ2) is 6.56. The third kappa shape index (κ3) is 3.08. The number of nitrogens with one attached hydrogen (secondary N) is 1. The SMILES string of the molecule is CCCN(C1CCNC1)S(=O)(=O)c1cccc(C)c1Br. The molecular weight excluding hydrogens is 340 g/mol. The predicted octanol–water partition coefficient (Wildman–Crippen LogP) is 2.52. The van der Waals surface area contributed by atoms with Gasteiger partial charge in [0.2, 0.25) is 10.0 Å². The van der Waals surface area contributed by atoms with Crippen LogP contribution in [0.2, 0.25) is 0 Å². The average molecular weight is 361 g/mol. The molecule has 4 nitrogen and oxygen atoms in total. The number of sulfonamides is 1. The summed E-state index contributed by atoms with van der Waals surface area (Å²) in [5.41, 5.74) is 0.937. The normalized spacial score (nSPS) is 19.7. The van der Waals surface area contributed by atoms with E-state index >= 15 is 0 Å². The van der Waals surface area contributed by atoms with Crippen molar-refractivity contribution in [1.82, 2.24) is 9.62 Å². The molecule has 0 amide bonds. The lowest BCUT2D eigenvalue weighted by atomic mass is 10.2. The summed E-state index contributed by atoms with van der Waals surface area (Å²) in [7, 11) is -3.45. The van der Waals surface area contributed by atoms with E-state index in [9.17, 15) is 8.42 Å². The fourth-order valence-corrected chi connectivity index (χ4v) is 5.31. The van der Waals surface area contributed by atoms with Gasteiger partial charge in [-0.05, 0) is 53.9 Å². The van der Waals surface area contributed by atoms with E-state index < -0.39 is 10.0 Å². The van der Waals surface area contributed by atoms with Crippen molar-refractivity contribution in [3.05, 3.63) is 28.2 Å².